The molecular formula is C24H29N3O4. The fourth-order valence-corrected chi connectivity index (χ4v) is 3.84. The summed E-state index contributed by atoms with van der Waals surface area (Å²) in [4.78, 5) is 28.1. The summed E-state index contributed by atoms with van der Waals surface area (Å²) in [6.45, 7) is 1.89. The van der Waals surface area contributed by atoms with Gasteiger partial charge in [-0.2, -0.15) is 0 Å². The number of anilines is 2. The van der Waals surface area contributed by atoms with Gasteiger partial charge in [0.1, 0.15) is 11.5 Å². The molecule has 2 aromatic carbocycles. The first-order chi connectivity index (χ1) is 15.1. The minimum absolute atomic E-state index is 0.0813. The molecule has 0 radical (unpaired) electrons. The largest absolute Gasteiger partial charge is 0.497 e. The monoisotopic (exact) mass is 423 g/mol. The van der Waals surface area contributed by atoms with Gasteiger partial charge in [0.25, 0.3) is 11.8 Å². The zero-order chi connectivity index (χ0) is 21.8. The van der Waals surface area contributed by atoms with Crippen LogP contribution in [0.5, 0.6) is 11.5 Å². The molecule has 2 amide bonds. The van der Waals surface area contributed by atoms with Crippen LogP contribution in [0.4, 0.5) is 11.4 Å². The first kappa shape index (κ1) is 21.0. The van der Waals surface area contributed by atoms with E-state index >= 15 is 0 Å². The van der Waals surface area contributed by atoms with Crippen LogP contribution in [0.15, 0.2) is 36.4 Å². The van der Waals surface area contributed by atoms with Gasteiger partial charge in [0.15, 0.2) is 0 Å². The Hall–Kier alpha value is -3.22. The third-order valence-corrected chi connectivity index (χ3v) is 5.72. The summed E-state index contributed by atoms with van der Waals surface area (Å²) >= 11 is 0. The molecule has 31 heavy (non-hydrogen) atoms. The number of hydrogen-bond acceptors (Lipinski definition) is 5. The summed E-state index contributed by atoms with van der Waals surface area (Å²) in [5, 5.41) is 5.99. The van der Waals surface area contributed by atoms with Gasteiger partial charge in [-0.05, 0) is 62.4 Å². The van der Waals surface area contributed by atoms with Gasteiger partial charge in [-0.1, -0.05) is 0 Å². The van der Waals surface area contributed by atoms with Crippen LogP contribution in [0.3, 0.4) is 0 Å². The average Bonchev–Trinajstić information content (AvgIpc) is 3.63. The van der Waals surface area contributed by atoms with E-state index in [4.69, 9.17) is 9.47 Å². The van der Waals surface area contributed by atoms with Crippen molar-refractivity contribution in [2.45, 2.75) is 38.1 Å². The van der Waals surface area contributed by atoms with E-state index < -0.39 is 0 Å². The SMILES string of the molecule is COc1cc(OC)cc(C(=O)Nc2ccc(N3CCCCC3)c(C(=O)NC3CC3)c2)c1. The summed E-state index contributed by atoms with van der Waals surface area (Å²) in [5.41, 5.74) is 2.53. The van der Waals surface area contributed by atoms with Crippen LogP contribution >= 0.6 is 0 Å². The van der Waals surface area contributed by atoms with Crippen LogP contribution in [0, 0.1) is 0 Å². The van der Waals surface area contributed by atoms with E-state index in [9.17, 15) is 9.59 Å². The third kappa shape index (κ3) is 5.10. The predicted octanol–water partition coefficient (Wildman–Crippen LogP) is 3.84. The van der Waals surface area contributed by atoms with Crippen LogP contribution in [0.25, 0.3) is 0 Å². The average molecular weight is 424 g/mol. The fourth-order valence-electron chi connectivity index (χ4n) is 3.84. The van der Waals surface area contributed by atoms with Crippen molar-refractivity contribution in [2.75, 3.05) is 37.5 Å². The standard InChI is InChI=1S/C24H29N3O4/c1-30-19-12-16(13-20(15-19)31-2)23(28)26-18-8-9-22(27-10-4-3-5-11-27)21(14-18)24(29)25-17-6-7-17/h8-9,12-15,17H,3-7,10-11H2,1-2H3,(H,25,29)(H,26,28). The second kappa shape index (κ2) is 9.29. The highest BCUT2D eigenvalue weighted by atomic mass is 16.5. The quantitative estimate of drug-likeness (QED) is 0.707. The molecule has 0 bridgehead atoms. The van der Waals surface area contributed by atoms with Crippen molar-refractivity contribution in [3.63, 3.8) is 0 Å². The van der Waals surface area contributed by atoms with Gasteiger partial charge in [-0.3, -0.25) is 9.59 Å². The Labute approximate surface area is 182 Å². The molecule has 1 aliphatic heterocycles. The molecule has 0 unspecified atom stereocenters. The number of nitrogens with one attached hydrogen (secondary N) is 2. The zero-order valence-electron chi connectivity index (χ0n) is 18.1. The summed E-state index contributed by atoms with van der Waals surface area (Å²) in [7, 11) is 3.08. The van der Waals surface area contributed by atoms with Gasteiger partial charge in [0, 0.05) is 42.1 Å². The van der Waals surface area contributed by atoms with Crippen molar-refractivity contribution in [2.24, 2.45) is 0 Å². The molecule has 0 atom stereocenters. The molecule has 7 nitrogen and oxygen atoms in total. The Morgan fingerprint density at radius 3 is 2.19 bits per heavy atom. The van der Waals surface area contributed by atoms with E-state index in [2.05, 4.69) is 15.5 Å². The van der Waals surface area contributed by atoms with Gasteiger partial charge in [-0.25, -0.2) is 0 Å². The number of carbonyl (C=O) groups is 2. The molecule has 7 heteroatoms. The van der Waals surface area contributed by atoms with E-state index in [-0.39, 0.29) is 17.9 Å². The Balaban J connectivity index is 1.59. The smallest absolute Gasteiger partial charge is 0.255 e. The van der Waals surface area contributed by atoms with E-state index in [0.29, 0.717) is 28.3 Å². The second-order valence-corrected chi connectivity index (χ2v) is 8.08. The second-order valence-electron chi connectivity index (χ2n) is 8.08. The van der Waals surface area contributed by atoms with Crippen LogP contribution in [-0.2, 0) is 0 Å². The number of nitrogens with zero attached hydrogens (tertiary/aromatic N) is 1. The van der Waals surface area contributed by atoms with Crippen LogP contribution < -0.4 is 25.0 Å². The maximum Gasteiger partial charge on any atom is 0.255 e. The third-order valence-electron chi connectivity index (χ3n) is 5.72. The Morgan fingerprint density at radius 2 is 1.58 bits per heavy atom. The highest BCUT2D eigenvalue weighted by Crippen LogP contribution is 2.29. The number of ether oxygens (including phenoxy) is 2. The van der Waals surface area contributed by atoms with Crippen molar-refractivity contribution >= 4 is 23.2 Å². The number of carbonyl (C=O) groups excluding carboxylic acids is 2. The fraction of sp³-hybridized carbons (Fsp3) is 0.417. The Morgan fingerprint density at radius 1 is 0.903 bits per heavy atom. The van der Waals surface area contributed by atoms with E-state index in [1.807, 2.05) is 12.1 Å². The number of piperidine rings is 1. The molecule has 0 aromatic heterocycles. The van der Waals surface area contributed by atoms with E-state index in [1.54, 1.807) is 38.5 Å². The van der Waals surface area contributed by atoms with Crippen molar-refractivity contribution in [1.82, 2.24) is 5.32 Å². The van der Waals surface area contributed by atoms with Crippen molar-refractivity contribution in [3.05, 3.63) is 47.5 Å². The zero-order valence-corrected chi connectivity index (χ0v) is 18.1. The number of amides is 2. The van der Waals surface area contributed by atoms with Crippen LogP contribution in [-0.4, -0.2) is 45.2 Å². The van der Waals surface area contributed by atoms with E-state index in [0.717, 1.165) is 44.5 Å². The molecule has 2 fully saturated rings. The maximum absolute atomic E-state index is 13.0. The molecule has 2 N–H and O–H groups in total. The lowest BCUT2D eigenvalue weighted by Crippen LogP contribution is -2.33. The Bertz CT molecular complexity index is 943. The van der Waals surface area contributed by atoms with Crippen LogP contribution in [0.2, 0.25) is 0 Å². The minimum atomic E-state index is -0.295. The highest BCUT2D eigenvalue weighted by Gasteiger charge is 2.26. The number of rotatable bonds is 7. The molecule has 0 spiro atoms. The molecule has 2 aliphatic rings. The molecular weight excluding hydrogens is 394 g/mol. The molecule has 4 rings (SSSR count). The van der Waals surface area contributed by atoms with Crippen molar-refractivity contribution < 1.29 is 19.1 Å². The summed E-state index contributed by atoms with van der Waals surface area (Å²) < 4.78 is 10.5. The minimum Gasteiger partial charge on any atom is -0.497 e. The lowest BCUT2D eigenvalue weighted by atomic mass is 10.1. The first-order valence-electron chi connectivity index (χ1n) is 10.8. The van der Waals surface area contributed by atoms with Gasteiger partial charge < -0.3 is 25.0 Å². The Kier molecular flexibility index (Phi) is 6.30. The molecule has 1 aliphatic carbocycles. The summed E-state index contributed by atoms with van der Waals surface area (Å²) in [5.74, 6) is 0.697. The number of methoxy groups -OCH3 is 2. The molecule has 2 aromatic rings. The number of benzene rings is 2. The van der Waals surface area contributed by atoms with Crippen LogP contribution in [0.1, 0.15) is 52.8 Å². The van der Waals surface area contributed by atoms with Gasteiger partial charge >= 0.3 is 0 Å². The number of hydrogen-bond donors (Lipinski definition) is 2. The van der Waals surface area contributed by atoms with Gasteiger partial charge in [-0.15, -0.1) is 0 Å². The first-order valence-corrected chi connectivity index (χ1v) is 10.8. The molecule has 164 valence electrons. The summed E-state index contributed by atoms with van der Waals surface area (Å²) in [6, 6.07) is 10.9. The molecule has 1 saturated carbocycles. The van der Waals surface area contributed by atoms with Crippen molar-refractivity contribution in [1.29, 1.82) is 0 Å². The normalized spacial score (nSPS) is 15.9. The maximum atomic E-state index is 13.0. The summed E-state index contributed by atoms with van der Waals surface area (Å²) in [6.07, 6.45) is 5.52. The van der Waals surface area contributed by atoms with Gasteiger partial charge in [0.2, 0.25) is 0 Å². The lowest BCUT2D eigenvalue weighted by molar-refractivity contribution is 0.0950. The predicted molar refractivity (Wildman–Crippen MR) is 120 cm³/mol. The van der Waals surface area contributed by atoms with Gasteiger partial charge in [0.05, 0.1) is 19.8 Å². The van der Waals surface area contributed by atoms with Crippen molar-refractivity contribution in [3.8, 4) is 11.5 Å². The lowest BCUT2D eigenvalue weighted by Gasteiger charge is -2.30. The highest BCUT2D eigenvalue weighted by molar-refractivity contribution is 6.06. The van der Waals surface area contributed by atoms with E-state index in [1.165, 1.54) is 6.42 Å². The molecule has 1 saturated heterocycles. The molecule has 1 heterocycles. The topological polar surface area (TPSA) is 79.9 Å².